The van der Waals surface area contributed by atoms with E-state index in [0.717, 1.165) is 28.7 Å². The minimum atomic E-state index is -0.138. The lowest BCUT2D eigenvalue weighted by Crippen LogP contribution is -2.33. The highest BCUT2D eigenvalue weighted by molar-refractivity contribution is 7.22. The van der Waals surface area contributed by atoms with E-state index < -0.39 is 0 Å². The van der Waals surface area contributed by atoms with Gasteiger partial charge in [0.05, 0.1) is 17.4 Å². The van der Waals surface area contributed by atoms with Crippen LogP contribution in [0.5, 0.6) is 17.2 Å². The third-order valence-electron chi connectivity index (χ3n) is 5.46. The highest BCUT2D eigenvalue weighted by Gasteiger charge is 2.25. The topological polar surface area (TPSA) is 54.9 Å². The van der Waals surface area contributed by atoms with Crippen LogP contribution in [0.3, 0.4) is 0 Å². The van der Waals surface area contributed by atoms with Crippen LogP contribution in [-0.2, 0) is 0 Å². The van der Waals surface area contributed by atoms with E-state index in [2.05, 4.69) is 4.90 Å². The van der Waals surface area contributed by atoms with Gasteiger partial charge >= 0.3 is 0 Å². The third-order valence-corrected chi connectivity index (χ3v) is 6.68. The maximum atomic E-state index is 13.9. The van der Waals surface area contributed by atoms with Crippen LogP contribution in [0, 0.1) is 6.92 Å². The van der Waals surface area contributed by atoms with Crippen LogP contribution < -0.4 is 14.4 Å². The van der Waals surface area contributed by atoms with E-state index in [4.69, 9.17) is 14.5 Å². The van der Waals surface area contributed by atoms with Crippen LogP contribution in [0.1, 0.15) is 22.3 Å². The van der Waals surface area contributed by atoms with Crippen molar-refractivity contribution in [3.8, 4) is 17.2 Å². The fourth-order valence-corrected chi connectivity index (χ4v) is 4.78. The molecule has 184 valence electrons. The van der Waals surface area contributed by atoms with Crippen LogP contribution in [0.2, 0.25) is 0 Å². The number of nitrogens with zero attached hydrogens (tertiary/aromatic N) is 3. The Balaban J connectivity index is 0.00000342. The molecule has 0 fully saturated rings. The molecule has 0 aliphatic rings. The van der Waals surface area contributed by atoms with Gasteiger partial charge in [-0.15, -0.1) is 12.4 Å². The summed E-state index contributed by atoms with van der Waals surface area (Å²) < 4.78 is 12.6. The average molecular weight is 512 g/mol. The summed E-state index contributed by atoms with van der Waals surface area (Å²) in [4.78, 5) is 22.6. The zero-order chi connectivity index (χ0) is 24.1. The summed E-state index contributed by atoms with van der Waals surface area (Å²) >= 11 is 1.51. The standard InChI is InChI=1S/C27H29N3O3S.ClH/c1-19-15-16-23(32-4)24-25(19)34-27(28-24)30(18-10-17-29(2)3)26(31)21-13-8-9-14-22(21)33-20-11-6-5-7-12-20;/h5-9,11-16H,10,17-18H2,1-4H3;1H. The number of hydrogen-bond acceptors (Lipinski definition) is 6. The van der Waals surface area contributed by atoms with Gasteiger partial charge in [0.1, 0.15) is 22.8 Å². The Bertz CT molecular complexity index is 1280. The molecule has 1 amide bonds. The van der Waals surface area contributed by atoms with E-state index in [1.807, 2.05) is 81.7 Å². The number of halogens is 1. The van der Waals surface area contributed by atoms with Gasteiger partial charge in [-0.2, -0.15) is 0 Å². The van der Waals surface area contributed by atoms with Gasteiger partial charge in [0.2, 0.25) is 0 Å². The molecule has 0 aliphatic carbocycles. The number of para-hydroxylation sites is 2. The highest BCUT2D eigenvalue weighted by atomic mass is 35.5. The monoisotopic (exact) mass is 511 g/mol. The van der Waals surface area contributed by atoms with Crippen LogP contribution in [0.4, 0.5) is 5.13 Å². The number of fused-ring (bicyclic) bond motifs is 1. The lowest BCUT2D eigenvalue weighted by Gasteiger charge is -2.22. The quantitative estimate of drug-likeness (QED) is 0.259. The Morgan fingerprint density at radius 1 is 0.943 bits per heavy atom. The Labute approximate surface area is 216 Å². The SMILES string of the molecule is COc1ccc(C)c2sc(N(CCCN(C)C)C(=O)c3ccccc3Oc3ccccc3)nc12.Cl. The predicted molar refractivity (Wildman–Crippen MR) is 146 cm³/mol. The van der Waals surface area contributed by atoms with E-state index in [-0.39, 0.29) is 18.3 Å². The molecule has 8 heteroatoms. The first kappa shape index (κ1) is 26.5. The van der Waals surface area contributed by atoms with Crippen LogP contribution in [0.25, 0.3) is 10.2 Å². The van der Waals surface area contributed by atoms with Crippen molar-refractivity contribution in [1.82, 2.24) is 9.88 Å². The normalized spacial score (nSPS) is 10.8. The lowest BCUT2D eigenvalue weighted by molar-refractivity contribution is 0.0984. The Morgan fingerprint density at radius 2 is 1.66 bits per heavy atom. The zero-order valence-electron chi connectivity index (χ0n) is 20.4. The highest BCUT2D eigenvalue weighted by Crippen LogP contribution is 2.37. The molecule has 6 nitrogen and oxygen atoms in total. The average Bonchev–Trinajstić information content (AvgIpc) is 3.29. The van der Waals surface area contributed by atoms with Crippen molar-refractivity contribution in [2.45, 2.75) is 13.3 Å². The van der Waals surface area contributed by atoms with Gasteiger partial charge in [-0.3, -0.25) is 9.69 Å². The molecular weight excluding hydrogens is 482 g/mol. The van der Waals surface area contributed by atoms with Crippen molar-refractivity contribution in [3.63, 3.8) is 0 Å². The smallest absolute Gasteiger partial charge is 0.263 e. The van der Waals surface area contributed by atoms with Gasteiger partial charge < -0.3 is 14.4 Å². The molecule has 0 unspecified atom stereocenters. The second-order valence-corrected chi connectivity index (χ2v) is 9.26. The largest absolute Gasteiger partial charge is 0.494 e. The van der Waals surface area contributed by atoms with E-state index >= 15 is 0 Å². The van der Waals surface area contributed by atoms with Crippen molar-refractivity contribution in [2.24, 2.45) is 0 Å². The number of rotatable bonds is 9. The van der Waals surface area contributed by atoms with Crippen molar-refractivity contribution < 1.29 is 14.3 Å². The molecule has 35 heavy (non-hydrogen) atoms. The number of aromatic nitrogens is 1. The molecular formula is C27H30ClN3O3S. The van der Waals surface area contributed by atoms with Crippen molar-refractivity contribution in [2.75, 3.05) is 39.2 Å². The van der Waals surface area contributed by atoms with E-state index in [0.29, 0.717) is 34.5 Å². The number of methoxy groups -OCH3 is 1. The van der Waals surface area contributed by atoms with Crippen LogP contribution in [-0.4, -0.2) is 50.1 Å². The Morgan fingerprint density at radius 3 is 2.37 bits per heavy atom. The fourth-order valence-electron chi connectivity index (χ4n) is 3.70. The van der Waals surface area contributed by atoms with E-state index in [1.54, 1.807) is 18.1 Å². The van der Waals surface area contributed by atoms with Crippen LogP contribution >= 0.6 is 23.7 Å². The maximum absolute atomic E-state index is 13.9. The van der Waals surface area contributed by atoms with Gasteiger partial charge in [-0.1, -0.05) is 47.7 Å². The van der Waals surface area contributed by atoms with Crippen molar-refractivity contribution in [3.05, 3.63) is 77.9 Å². The van der Waals surface area contributed by atoms with Crippen molar-refractivity contribution >= 4 is 45.0 Å². The minimum absolute atomic E-state index is 0. The molecule has 0 aliphatic heterocycles. The minimum Gasteiger partial charge on any atom is -0.494 e. The fraction of sp³-hybridized carbons (Fsp3) is 0.259. The molecule has 0 atom stereocenters. The second-order valence-electron chi connectivity index (χ2n) is 8.28. The number of amides is 1. The van der Waals surface area contributed by atoms with Gasteiger partial charge in [-0.25, -0.2) is 4.98 Å². The number of benzene rings is 3. The first-order valence-corrected chi connectivity index (χ1v) is 12.0. The molecule has 0 spiro atoms. The first-order chi connectivity index (χ1) is 16.5. The molecule has 1 heterocycles. The molecule has 3 aromatic carbocycles. The summed E-state index contributed by atoms with van der Waals surface area (Å²) in [5.41, 5.74) is 2.38. The summed E-state index contributed by atoms with van der Waals surface area (Å²) in [6.07, 6.45) is 0.812. The number of ether oxygens (including phenoxy) is 2. The summed E-state index contributed by atoms with van der Waals surface area (Å²) in [6, 6.07) is 20.8. The van der Waals surface area contributed by atoms with E-state index in [1.165, 1.54) is 11.3 Å². The number of thiazole rings is 1. The number of anilines is 1. The summed E-state index contributed by atoms with van der Waals surface area (Å²) in [5.74, 6) is 1.77. The molecule has 0 bridgehead atoms. The number of carbonyl (C=O) groups is 1. The maximum Gasteiger partial charge on any atom is 0.263 e. The van der Waals surface area contributed by atoms with Gasteiger partial charge in [0.15, 0.2) is 5.13 Å². The Kier molecular flexibility index (Phi) is 9.09. The second kappa shape index (κ2) is 12.0. The predicted octanol–water partition coefficient (Wildman–Crippen LogP) is 6.43. The number of aryl methyl sites for hydroxylation is 1. The third kappa shape index (κ3) is 6.11. The number of hydrogen-bond donors (Lipinski definition) is 0. The van der Waals surface area contributed by atoms with Gasteiger partial charge in [0, 0.05) is 6.54 Å². The summed E-state index contributed by atoms with van der Waals surface area (Å²) in [5, 5.41) is 0.654. The van der Waals surface area contributed by atoms with E-state index in [9.17, 15) is 4.79 Å². The lowest BCUT2D eigenvalue weighted by atomic mass is 10.1. The van der Waals surface area contributed by atoms with Crippen LogP contribution in [0.15, 0.2) is 66.7 Å². The van der Waals surface area contributed by atoms with Crippen molar-refractivity contribution in [1.29, 1.82) is 0 Å². The first-order valence-electron chi connectivity index (χ1n) is 11.2. The Hall–Kier alpha value is -3.13. The van der Waals surface area contributed by atoms with Gasteiger partial charge in [0.25, 0.3) is 5.91 Å². The molecule has 0 radical (unpaired) electrons. The molecule has 1 aromatic heterocycles. The molecule has 0 saturated heterocycles. The molecule has 0 saturated carbocycles. The molecule has 4 rings (SSSR count). The summed E-state index contributed by atoms with van der Waals surface area (Å²) in [7, 11) is 5.70. The summed E-state index contributed by atoms with van der Waals surface area (Å²) in [6.45, 7) is 3.45. The zero-order valence-corrected chi connectivity index (χ0v) is 22.0. The molecule has 4 aromatic rings. The van der Waals surface area contributed by atoms with Gasteiger partial charge in [-0.05, 0) is 69.9 Å². The molecule has 0 N–H and O–H groups in total. The number of carbonyl (C=O) groups excluding carboxylic acids is 1.